The van der Waals surface area contributed by atoms with Crippen LogP contribution in [0, 0.1) is 0 Å². The van der Waals surface area contributed by atoms with E-state index >= 15 is 0 Å². The van der Waals surface area contributed by atoms with Gasteiger partial charge in [-0.2, -0.15) is 0 Å². The third-order valence-corrected chi connectivity index (χ3v) is 5.28. The third kappa shape index (κ3) is 3.25. The molecule has 2 aromatic rings. The van der Waals surface area contributed by atoms with Gasteiger partial charge in [0.05, 0.1) is 54.7 Å². The lowest BCUT2D eigenvalue weighted by molar-refractivity contribution is -0.908. The smallest absolute Gasteiger partial charge is 0.203 e. The molecule has 3 rings (SSSR count). The normalized spacial score (nSPS) is 18.4. The van der Waals surface area contributed by atoms with Crippen LogP contribution in [-0.2, 0) is 6.42 Å². The van der Waals surface area contributed by atoms with Gasteiger partial charge >= 0.3 is 0 Å². The van der Waals surface area contributed by atoms with E-state index in [4.69, 9.17) is 23.7 Å². The molecule has 6 nitrogen and oxygen atoms in total. The Morgan fingerprint density at radius 1 is 0.741 bits per heavy atom. The lowest BCUT2D eigenvalue weighted by Gasteiger charge is -2.33. The average Bonchev–Trinajstić information content (AvgIpc) is 2.71. The lowest BCUT2D eigenvalue weighted by Crippen LogP contribution is -3.10. The zero-order chi connectivity index (χ0) is 19.6. The van der Waals surface area contributed by atoms with Crippen molar-refractivity contribution in [3.05, 3.63) is 41.0 Å². The van der Waals surface area contributed by atoms with E-state index in [2.05, 4.69) is 25.2 Å². The number of hydrogen-bond donors (Lipinski definition) is 1. The highest BCUT2D eigenvalue weighted by Gasteiger charge is 2.35. The first-order valence-corrected chi connectivity index (χ1v) is 8.95. The molecule has 1 N–H and O–H groups in total. The van der Waals surface area contributed by atoms with Crippen molar-refractivity contribution >= 4 is 0 Å². The van der Waals surface area contributed by atoms with Gasteiger partial charge in [0.2, 0.25) is 5.75 Å². The molecule has 146 valence electrons. The summed E-state index contributed by atoms with van der Waals surface area (Å²) >= 11 is 0. The van der Waals surface area contributed by atoms with Crippen molar-refractivity contribution in [1.82, 2.24) is 0 Å². The van der Waals surface area contributed by atoms with E-state index in [1.807, 2.05) is 6.07 Å². The number of fused-ring (bicyclic) bond motifs is 1. The van der Waals surface area contributed by atoms with Crippen LogP contribution in [0.3, 0.4) is 0 Å². The van der Waals surface area contributed by atoms with Gasteiger partial charge in [0.1, 0.15) is 6.04 Å². The first kappa shape index (κ1) is 19.2. The highest BCUT2D eigenvalue weighted by molar-refractivity contribution is 5.59. The van der Waals surface area contributed by atoms with Crippen LogP contribution in [0.2, 0.25) is 0 Å². The molecule has 27 heavy (non-hydrogen) atoms. The Morgan fingerprint density at radius 3 is 1.96 bits per heavy atom. The number of ether oxygens (including phenoxy) is 5. The number of likely N-dealkylation sites (N-methyl/N-ethyl adjacent to an activating group) is 1. The van der Waals surface area contributed by atoms with Crippen LogP contribution < -0.4 is 28.6 Å². The minimum atomic E-state index is 0.0864. The van der Waals surface area contributed by atoms with Crippen molar-refractivity contribution < 1.29 is 28.6 Å². The summed E-state index contributed by atoms with van der Waals surface area (Å²) in [5, 5.41) is 0. The summed E-state index contributed by atoms with van der Waals surface area (Å²) in [6, 6.07) is 8.24. The molecule has 0 bridgehead atoms. The van der Waals surface area contributed by atoms with E-state index in [1.165, 1.54) is 16.0 Å². The molecule has 2 atom stereocenters. The zero-order valence-electron chi connectivity index (χ0n) is 16.8. The molecule has 0 aliphatic carbocycles. The molecule has 2 aromatic carbocycles. The first-order chi connectivity index (χ1) is 13.1. The molecule has 0 saturated carbocycles. The summed E-state index contributed by atoms with van der Waals surface area (Å²) in [7, 11) is 10.4. The summed E-state index contributed by atoms with van der Waals surface area (Å²) in [4.78, 5) is 1.38. The van der Waals surface area contributed by atoms with E-state index in [0.29, 0.717) is 17.2 Å². The molecule has 1 aliphatic heterocycles. The van der Waals surface area contributed by atoms with Crippen molar-refractivity contribution in [3.8, 4) is 28.7 Å². The molecule has 1 aliphatic rings. The number of methoxy groups -OCH3 is 5. The summed E-state index contributed by atoms with van der Waals surface area (Å²) in [5.41, 5.74) is 3.53. The maximum atomic E-state index is 5.75. The Bertz CT molecular complexity index is 821. The molecule has 0 aromatic heterocycles. The van der Waals surface area contributed by atoms with Crippen molar-refractivity contribution in [1.29, 1.82) is 0 Å². The highest BCUT2D eigenvalue weighted by Crippen LogP contribution is 2.44. The van der Waals surface area contributed by atoms with E-state index in [-0.39, 0.29) is 6.04 Å². The SMILES string of the molecule is COc1cc2c(cc1OC)[C@@H](c1ccc(OC)c(OC)c1OC)[NH+](C)CC2. The van der Waals surface area contributed by atoms with Crippen LogP contribution in [0.5, 0.6) is 28.7 Å². The average molecular weight is 374 g/mol. The van der Waals surface area contributed by atoms with Gasteiger partial charge in [0.15, 0.2) is 23.0 Å². The molecule has 0 radical (unpaired) electrons. The number of quaternary nitrogens is 1. The maximum Gasteiger partial charge on any atom is 0.203 e. The summed E-state index contributed by atoms with van der Waals surface area (Å²) in [5.74, 6) is 3.45. The second kappa shape index (κ2) is 7.96. The summed E-state index contributed by atoms with van der Waals surface area (Å²) in [6.45, 7) is 1.00. The van der Waals surface area contributed by atoms with Crippen molar-refractivity contribution in [2.24, 2.45) is 0 Å². The fourth-order valence-corrected chi connectivity index (χ4v) is 3.95. The van der Waals surface area contributed by atoms with Gasteiger partial charge in [0.25, 0.3) is 0 Å². The number of hydrogen-bond acceptors (Lipinski definition) is 5. The molecule has 0 spiro atoms. The highest BCUT2D eigenvalue weighted by atomic mass is 16.5. The van der Waals surface area contributed by atoms with E-state index in [0.717, 1.165) is 30.0 Å². The molecular formula is C21H28NO5+. The molecule has 0 fully saturated rings. The quantitative estimate of drug-likeness (QED) is 0.837. The zero-order valence-corrected chi connectivity index (χ0v) is 16.8. The molecule has 6 heteroatoms. The molecule has 1 unspecified atom stereocenters. The summed E-state index contributed by atoms with van der Waals surface area (Å²) < 4.78 is 27.8. The van der Waals surface area contributed by atoms with Gasteiger partial charge in [-0.15, -0.1) is 0 Å². The number of nitrogens with one attached hydrogen (secondary N) is 1. The van der Waals surface area contributed by atoms with E-state index < -0.39 is 0 Å². The maximum absolute atomic E-state index is 5.75. The minimum Gasteiger partial charge on any atom is -0.493 e. The Balaban J connectivity index is 2.21. The molecule has 0 saturated heterocycles. The van der Waals surface area contributed by atoms with Gasteiger partial charge in [-0.05, 0) is 29.8 Å². The van der Waals surface area contributed by atoms with Crippen LogP contribution in [0.4, 0.5) is 0 Å². The third-order valence-electron chi connectivity index (χ3n) is 5.28. The summed E-state index contributed by atoms with van der Waals surface area (Å²) in [6.07, 6.45) is 0.980. The van der Waals surface area contributed by atoms with Crippen LogP contribution in [0.25, 0.3) is 0 Å². The topological polar surface area (TPSA) is 50.6 Å². The molecular weight excluding hydrogens is 346 g/mol. The van der Waals surface area contributed by atoms with Crippen molar-refractivity contribution in [2.75, 3.05) is 49.1 Å². The van der Waals surface area contributed by atoms with Gasteiger partial charge < -0.3 is 28.6 Å². The predicted molar refractivity (Wildman–Crippen MR) is 103 cm³/mol. The van der Waals surface area contributed by atoms with Gasteiger partial charge in [0, 0.05) is 12.0 Å². The van der Waals surface area contributed by atoms with Crippen LogP contribution in [0.1, 0.15) is 22.7 Å². The van der Waals surface area contributed by atoms with E-state index in [1.54, 1.807) is 35.5 Å². The largest absolute Gasteiger partial charge is 0.493 e. The molecule has 0 amide bonds. The predicted octanol–water partition coefficient (Wildman–Crippen LogP) is 1.89. The Kier molecular flexibility index (Phi) is 5.65. The Labute approximate surface area is 160 Å². The number of rotatable bonds is 6. The van der Waals surface area contributed by atoms with Gasteiger partial charge in [-0.1, -0.05) is 0 Å². The van der Waals surface area contributed by atoms with Crippen molar-refractivity contribution in [2.45, 2.75) is 12.5 Å². The van der Waals surface area contributed by atoms with Crippen molar-refractivity contribution in [3.63, 3.8) is 0 Å². The fourth-order valence-electron chi connectivity index (χ4n) is 3.95. The van der Waals surface area contributed by atoms with Crippen LogP contribution >= 0.6 is 0 Å². The fraction of sp³-hybridized carbons (Fsp3) is 0.429. The van der Waals surface area contributed by atoms with E-state index in [9.17, 15) is 0 Å². The minimum absolute atomic E-state index is 0.0864. The molecule has 1 heterocycles. The van der Waals surface area contributed by atoms with Gasteiger partial charge in [-0.25, -0.2) is 0 Å². The van der Waals surface area contributed by atoms with Crippen LogP contribution in [-0.4, -0.2) is 49.1 Å². The second-order valence-electron chi connectivity index (χ2n) is 6.61. The number of benzene rings is 2. The first-order valence-electron chi connectivity index (χ1n) is 8.95. The van der Waals surface area contributed by atoms with Gasteiger partial charge in [-0.3, -0.25) is 0 Å². The van der Waals surface area contributed by atoms with Crippen LogP contribution in [0.15, 0.2) is 24.3 Å². The Morgan fingerprint density at radius 2 is 1.37 bits per heavy atom. The lowest BCUT2D eigenvalue weighted by atomic mass is 9.87. The monoisotopic (exact) mass is 374 g/mol. The standard InChI is InChI=1S/C21H27NO5/c1-22-10-9-13-11-17(24-3)18(25-4)12-15(13)19(22)14-7-8-16(23-2)21(27-6)20(14)26-5/h7-8,11-12,19H,9-10H2,1-6H3/p+1/t19-/m1/s1. The Hall–Kier alpha value is -2.60. The second-order valence-corrected chi connectivity index (χ2v) is 6.61.